The first-order valence-corrected chi connectivity index (χ1v) is 6.94. The molecule has 1 aromatic rings. The summed E-state index contributed by atoms with van der Waals surface area (Å²) in [6.07, 6.45) is 3.52. The number of hydrogen-bond donors (Lipinski definition) is 1. The van der Waals surface area contributed by atoms with Gasteiger partial charge in [-0.05, 0) is 13.5 Å². The molecule has 3 rings (SSSR count). The highest BCUT2D eigenvalue weighted by Crippen LogP contribution is 2.28. The first kappa shape index (κ1) is 10.6. The average Bonchev–Trinajstić information content (AvgIpc) is 2.73. The quantitative estimate of drug-likeness (QED) is 0.790. The Morgan fingerprint density at radius 1 is 1.50 bits per heavy atom. The first-order chi connectivity index (χ1) is 7.84. The smallest absolute Gasteiger partial charge is 0.168 e. The summed E-state index contributed by atoms with van der Waals surface area (Å²) in [5.74, 6) is 1.22. The van der Waals surface area contributed by atoms with Crippen molar-refractivity contribution >= 4 is 11.8 Å². The number of likely N-dealkylation sites (N-methyl/N-ethyl adjacent to an activating group) is 1. The lowest BCUT2D eigenvalue weighted by Gasteiger charge is -2.31. The second-order valence-corrected chi connectivity index (χ2v) is 5.61. The van der Waals surface area contributed by atoms with Crippen molar-refractivity contribution in [3.8, 4) is 0 Å². The van der Waals surface area contributed by atoms with Crippen LogP contribution in [0.2, 0.25) is 0 Å². The molecule has 0 bridgehead atoms. The highest BCUT2D eigenvalue weighted by Gasteiger charge is 2.24. The summed E-state index contributed by atoms with van der Waals surface area (Å²) < 4.78 is 2.31. The van der Waals surface area contributed by atoms with Gasteiger partial charge in [0.25, 0.3) is 0 Å². The zero-order valence-electron chi connectivity index (χ0n) is 9.65. The summed E-state index contributed by atoms with van der Waals surface area (Å²) in [5, 5.41) is 4.65. The molecule has 0 aliphatic carbocycles. The molecule has 1 aromatic heterocycles. The molecule has 0 radical (unpaired) electrons. The van der Waals surface area contributed by atoms with Gasteiger partial charge in [0.05, 0.1) is 11.7 Å². The molecule has 0 spiro atoms. The van der Waals surface area contributed by atoms with Gasteiger partial charge in [0.15, 0.2) is 5.16 Å². The van der Waals surface area contributed by atoms with Crippen LogP contribution in [0.15, 0.2) is 11.4 Å². The maximum absolute atomic E-state index is 4.77. The minimum atomic E-state index is 0.451. The Hall–Kier alpha value is -0.520. The Labute approximate surface area is 100 Å². The lowest BCUT2D eigenvalue weighted by molar-refractivity contribution is 0.198. The number of fused-ring (bicyclic) bond motifs is 1. The van der Waals surface area contributed by atoms with Crippen molar-refractivity contribution in [3.63, 3.8) is 0 Å². The average molecular weight is 238 g/mol. The van der Waals surface area contributed by atoms with E-state index in [-0.39, 0.29) is 0 Å². The molecule has 1 unspecified atom stereocenters. The van der Waals surface area contributed by atoms with Crippen molar-refractivity contribution in [2.75, 3.05) is 32.4 Å². The Balaban J connectivity index is 1.85. The lowest BCUT2D eigenvalue weighted by atomic mass is 10.1. The van der Waals surface area contributed by atoms with Gasteiger partial charge in [0.2, 0.25) is 0 Å². The lowest BCUT2D eigenvalue weighted by Crippen LogP contribution is -2.43. The molecule has 1 fully saturated rings. The van der Waals surface area contributed by atoms with Crippen LogP contribution in [0.3, 0.4) is 0 Å². The molecule has 1 atom stereocenters. The van der Waals surface area contributed by atoms with Gasteiger partial charge in [-0.25, -0.2) is 4.98 Å². The maximum atomic E-state index is 4.77. The number of rotatable bonds is 1. The van der Waals surface area contributed by atoms with Gasteiger partial charge in [-0.15, -0.1) is 0 Å². The van der Waals surface area contributed by atoms with E-state index < -0.39 is 0 Å². The maximum Gasteiger partial charge on any atom is 0.168 e. The van der Waals surface area contributed by atoms with E-state index in [4.69, 9.17) is 4.98 Å². The van der Waals surface area contributed by atoms with E-state index in [1.165, 1.54) is 23.0 Å². The summed E-state index contributed by atoms with van der Waals surface area (Å²) >= 11 is 1.89. The number of nitrogens with one attached hydrogen (secondary N) is 1. The van der Waals surface area contributed by atoms with Crippen LogP contribution in [0.1, 0.15) is 18.2 Å². The molecule has 0 aromatic carbocycles. The van der Waals surface area contributed by atoms with Gasteiger partial charge in [-0.3, -0.25) is 4.90 Å². The minimum Gasteiger partial charge on any atom is -0.326 e. The SMILES string of the molecule is CN1CCNCC1c1cn2c(n1)SCCC2. The van der Waals surface area contributed by atoms with Crippen LogP contribution in [-0.4, -0.2) is 46.9 Å². The molecule has 1 N–H and O–H groups in total. The third-order valence-electron chi connectivity index (χ3n) is 3.39. The van der Waals surface area contributed by atoms with E-state index in [0.29, 0.717) is 6.04 Å². The summed E-state index contributed by atoms with van der Waals surface area (Å²) in [6, 6.07) is 0.451. The van der Waals surface area contributed by atoms with Crippen LogP contribution in [-0.2, 0) is 6.54 Å². The molecule has 5 heteroatoms. The predicted octanol–water partition coefficient (Wildman–Crippen LogP) is 0.955. The molecule has 2 aliphatic heterocycles. The van der Waals surface area contributed by atoms with E-state index in [0.717, 1.165) is 26.2 Å². The van der Waals surface area contributed by atoms with Gasteiger partial charge in [0, 0.05) is 38.1 Å². The van der Waals surface area contributed by atoms with Gasteiger partial charge in [0.1, 0.15) is 0 Å². The van der Waals surface area contributed by atoms with Crippen molar-refractivity contribution in [2.45, 2.75) is 24.2 Å². The minimum absolute atomic E-state index is 0.451. The summed E-state index contributed by atoms with van der Waals surface area (Å²) in [6.45, 7) is 4.37. The highest BCUT2D eigenvalue weighted by molar-refractivity contribution is 7.99. The second-order valence-electron chi connectivity index (χ2n) is 4.54. The van der Waals surface area contributed by atoms with Crippen LogP contribution in [0, 0.1) is 0 Å². The van der Waals surface area contributed by atoms with Crippen molar-refractivity contribution in [2.24, 2.45) is 0 Å². The van der Waals surface area contributed by atoms with Gasteiger partial charge in [-0.1, -0.05) is 11.8 Å². The van der Waals surface area contributed by atoms with E-state index in [9.17, 15) is 0 Å². The fourth-order valence-electron chi connectivity index (χ4n) is 2.39. The standard InChI is InChI=1S/C11H18N4S/c1-14-5-3-12-7-10(14)9-8-15-4-2-6-16-11(15)13-9/h8,10,12H,2-7H2,1H3. The third kappa shape index (κ3) is 1.87. The molecule has 16 heavy (non-hydrogen) atoms. The van der Waals surface area contributed by atoms with Gasteiger partial charge < -0.3 is 9.88 Å². The number of hydrogen-bond acceptors (Lipinski definition) is 4. The number of aryl methyl sites for hydroxylation is 1. The number of aromatic nitrogens is 2. The van der Waals surface area contributed by atoms with Crippen molar-refractivity contribution in [1.82, 2.24) is 19.8 Å². The largest absolute Gasteiger partial charge is 0.326 e. The third-order valence-corrected chi connectivity index (χ3v) is 4.46. The monoisotopic (exact) mass is 238 g/mol. The molecule has 88 valence electrons. The normalized spacial score (nSPS) is 26.7. The Morgan fingerprint density at radius 2 is 2.44 bits per heavy atom. The highest BCUT2D eigenvalue weighted by atomic mass is 32.2. The Kier molecular flexibility index (Phi) is 2.91. The van der Waals surface area contributed by atoms with Crippen LogP contribution in [0.5, 0.6) is 0 Å². The van der Waals surface area contributed by atoms with E-state index in [2.05, 4.69) is 28.0 Å². The molecule has 2 aliphatic rings. The fourth-order valence-corrected chi connectivity index (χ4v) is 3.32. The Morgan fingerprint density at radius 3 is 3.25 bits per heavy atom. The van der Waals surface area contributed by atoms with E-state index in [1.54, 1.807) is 0 Å². The van der Waals surface area contributed by atoms with Crippen LogP contribution < -0.4 is 5.32 Å². The Bertz CT molecular complexity index is 353. The zero-order chi connectivity index (χ0) is 11.0. The predicted molar refractivity (Wildman–Crippen MR) is 65.8 cm³/mol. The van der Waals surface area contributed by atoms with Crippen molar-refractivity contribution in [1.29, 1.82) is 0 Å². The molecule has 0 amide bonds. The number of piperazine rings is 1. The molecule has 1 saturated heterocycles. The number of thioether (sulfide) groups is 1. The summed E-state index contributed by atoms with van der Waals surface area (Å²) in [5.41, 5.74) is 1.24. The van der Waals surface area contributed by atoms with Crippen LogP contribution in [0.4, 0.5) is 0 Å². The van der Waals surface area contributed by atoms with Crippen molar-refractivity contribution < 1.29 is 0 Å². The first-order valence-electron chi connectivity index (χ1n) is 5.95. The van der Waals surface area contributed by atoms with Gasteiger partial charge >= 0.3 is 0 Å². The summed E-state index contributed by atoms with van der Waals surface area (Å²) in [4.78, 5) is 7.17. The topological polar surface area (TPSA) is 33.1 Å². The number of nitrogens with zero attached hydrogens (tertiary/aromatic N) is 3. The second kappa shape index (κ2) is 4.39. The van der Waals surface area contributed by atoms with Crippen LogP contribution in [0.25, 0.3) is 0 Å². The zero-order valence-corrected chi connectivity index (χ0v) is 10.5. The molecular formula is C11H18N4S. The van der Waals surface area contributed by atoms with E-state index >= 15 is 0 Å². The number of imidazole rings is 1. The van der Waals surface area contributed by atoms with Crippen molar-refractivity contribution in [3.05, 3.63) is 11.9 Å². The molecule has 0 saturated carbocycles. The summed E-state index contributed by atoms with van der Waals surface area (Å²) in [7, 11) is 2.19. The van der Waals surface area contributed by atoms with E-state index in [1.807, 2.05) is 11.8 Å². The molecule has 4 nitrogen and oxygen atoms in total. The van der Waals surface area contributed by atoms with Gasteiger partial charge in [-0.2, -0.15) is 0 Å². The molecular weight excluding hydrogens is 220 g/mol. The van der Waals surface area contributed by atoms with Crippen LogP contribution >= 0.6 is 11.8 Å². The molecule has 3 heterocycles. The fraction of sp³-hybridized carbons (Fsp3) is 0.727.